The molecule has 1 aromatic heterocycles. The van der Waals surface area contributed by atoms with Crippen molar-refractivity contribution in [3.8, 4) is 16.9 Å². The van der Waals surface area contributed by atoms with Gasteiger partial charge in [0.1, 0.15) is 0 Å². The molecule has 0 fully saturated rings. The van der Waals surface area contributed by atoms with E-state index in [0.29, 0.717) is 5.02 Å². The summed E-state index contributed by atoms with van der Waals surface area (Å²) in [7, 11) is 0. The molecule has 106 valence electrons. The first kappa shape index (κ1) is 13.9. The zero-order valence-electron chi connectivity index (χ0n) is 11.6. The summed E-state index contributed by atoms with van der Waals surface area (Å²) in [5.41, 5.74) is 4.65. The van der Waals surface area contributed by atoms with Crippen molar-refractivity contribution in [2.24, 2.45) is 0 Å². The topological polar surface area (TPSA) is 38.0 Å². The minimum Gasteiger partial charge on any atom is -0.392 e. The molecule has 0 aliphatic heterocycles. The summed E-state index contributed by atoms with van der Waals surface area (Å²) in [6, 6.07) is 15.5. The van der Waals surface area contributed by atoms with Crippen LogP contribution in [-0.4, -0.2) is 14.9 Å². The summed E-state index contributed by atoms with van der Waals surface area (Å²) >= 11 is 5.92. The molecule has 0 atom stereocenters. The third-order valence-electron chi connectivity index (χ3n) is 3.34. The van der Waals surface area contributed by atoms with Gasteiger partial charge in [0.15, 0.2) is 0 Å². The van der Waals surface area contributed by atoms with Crippen molar-refractivity contribution in [3.05, 3.63) is 70.9 Å². The summed E-state index contributed by atoms with van der Waals surface area (Å²) in [4.78, 5) is 0. The second-order valence-electron chi connectivity index (χ2n) is 4.95. The summed E-state index contributed by atoms with van der Waals surface area (Å²) in [6.45, 7) is 1.99. The first-order valence-electron chi connectivity index (χ1n) is 6.70. The van der Waals surface area contributed by atoms with E-state index in [9.17, 15) is 5.11 Å². The first-order chi connectivity index (χ1) is 10.2. The van der Waals surface area contributed by atoms with Crippen LogP contribution >= 0.6 is 11.6 Å². The highest BCUT2D eigenvalue weighted by molar-refractivity contribution is 6.30. The number of nitrogens with zero attached hydrogens (tertiary/aromatic N) is 2. The number of aryl methyl sites for hydroxylation is 1. The monoisotopic (exact) mass is 298 g/mol. The molecule has 2 aromatic carbocycles. The Morgan fingerprint density at radius 1 is 1.14 bits per heavy atom. The van der Waals surface area contributed by atoms with Gasteiger partial charge in [0.2, 0.25) is 0 Å². The molecule has 1 N–H and O–H groups in total. The molecule has 0 radical (unpaired) electrons. The predicted octanol–water partition coefficient (Wildman–Crippen LogP) is 3.99. The molecule has 0 amide bonds. The van der Waals surface area contributed by atoms with Gasteiger partial charge in [-0.15, -0.1) is 0 Å². The maximum atomic E-state index is 9.57. The van der Waals surface area contributed by atoms with Crippen molar-refractivity contribution < 1.29 is 5.11 Å². The fourth-order valence-corrected chi connectivity index (χ4v) is 2.40. The molecule has 3 nitrogen and oxygen atoms in total. The second-order valence-corrected chi connectivity index (χ2v) is 5.39. The summed E-state index contributed by atoms with van der Waals surface area (Å²) in [5, 5.41) is 14.9. The fourth-order valence-electron chi connectivity index (χ4n) is 2.28. The number of aliphatic hydroxyl groups excluding tert-OH is 1. The van der Waals surface area contributed by atoms with Crippen molar-refractivity contribution in [1.29, 1.82) is 0 Å². The van der Waals surface area contributed by atoms with Crippen LogP contribution in [0.1, 0.15) is 11.1 Å². The minimum atomic E-state index is -0.0518. The zero-order chi connectivity index (χ0) is 14.8. The predicted molar refractivity (Wildman–Crippen MR) is 84.7 cm³/mol. The minimum absolute atomic E-state index is 0.0518. The number of benzene rings is 2. The normalized spacial score (nSPS) is 10.8. The van der Waals surface area contributed by atoms with Crippen molar-refractivity contribution in [2.45, 2.75) is 13.5 Å². The molecular formula is C17H15ClN2O. The average Bonchev–Trinajstić information content (AvgIpc) is 2.92. The quantitative estimate of drug-likeness (QED) is 0.794. The van der Waals surface area contributed by atoms with Gasteiger partial charge in [0, 0.05) is 22.3 Å². The third kappa shape index (κ3) is 2.84. The number of hydrogen-bond acceptors (Lipinski definition) is 2. The molecule has 0 saturated heterocycles. The Balaban J connectivity index is 2.08. The zero-order valence-corrected chi connectivity index (χ0v) is 12.4. The molecule has 0 spiro atoms. The first-order valence-corrected chi connectivity index (χ1v) is 7.07. The van der Waals surface area contributed by atoms with Crippen LogP contribution in [0.25, 0.3) is 16.9 Å². The van der Waals surface area contributed by atoms with E-state index in [1.807, 2.05) is 55.6 Å². The standard InChI is InChI=1S/C17H15ClN2O/c1-12-3-2-4-16(9-12)20-10-14(11-21)17(19-20)13-5-7-15(18)8-6-13/h2-10,21H,11H2,1H3. The lowest BCUT2D eigenvalue weighted by Gasteiger charge is -2.02. The SMILES string of the molecule is Cc1cccc(-n2cc(CO)c(-c3ccc(Cl)cc3)n2)c1. The smallest absolute Gasteiger partial charge is 0.0982 e. The molecular weight excluding hydrogens is 284 g/mol. The maximum Gasteiger partial charge on any atom is 0.0982 e. The van der Waals surface area contributed by atoms with Crippen LogP contribution in [0.5, 0.6) is 0 Å². The van der Waals surface area contributed by atoms with Gasteiger partial charge in [-0.2, -0.15) is 5.10 Å². The summed E-state index contributed by atoms with van der Waals surface area (Å²) in [6.07, 6.45) is 1.86. The van der Waals surface area contributed by atoms with E-state index >= 15 is 0 Å². The summed E-state index contributed by atoms with van der Waals surface area (Å²) < 4.78 is 1.79. The average molecular weight is 299 g/mol. The number of rotatable bonds is 3. The van der Waals surface area contributed by atoms with Gasteiger partial charge in [-0.3, -0.25) is 0 Å². The maximum absolute atomic E-state index is 9.57. The highest BCUT2D eigenvalue weighted by Crippen LogP contribution is 2.25. The van der Waals surface area contributed by atoms with Crippen LogP contribution in [0.4, 0.5) is 0 Å². The van der Waals surface area contributed by atoms with Gasteiger partial charge < -0.3 is 5.11 Å². The van der Waals surface area contributed by atoms with Gasteiger partial charge in [0.05, 0.1) is 18.0 Å². The molecule has 0 bridgehead atoms. The van der Waals surface area contributed by atoms with E-state index in [0.717, 1.165) is 22.5 Å². The largest absolute Gasteiger partial charge is 0.392 e. The van der Waals surface area contributed by atoms with Crippen LogP contribution in [0.15, 0.2) is 54.7 Å². The highest BCUT2D eigenvalue weighted by atomic mass is 35.5. The fraction of sp³-hybridized carbons (Fsp3) is 0.118. The second kappa shape index (κ2) is 5.72. The lowest BCUT2D eigenvalue weighted by atomic mass is 10.1. The van der Waals surface area contributed by atoms with E-state index in [-0.39, 0.29) is 6.61 Å². The van der Waals surface area contributed by atoms with Crippen molar-refractivity contribution in [1.82, 2.24) is 9.78 Å². The van der Waals surface area contributed by atoms with Crippen LogP contribution in [0.3, 0.4) is 0 Å². The Kier molecular flexibility index (Phi) is 3.78. The van der Waals surface area contributed by atoms with E-state index in [4.69, 9.17) is 11.6 Å². The molecule has 0 saturated carbocycles. The van der Waals surface area contributed by atoms with Crippen molar-refractivity contribution in [3.63, 3.8) is 0 Å². The number of aromatic nitrogens is 2. The Hall–Kier alpha value is -2.10. The van der Waals surface area contributed by atoms with E-state index < -0.39 is 0 Å². The lowest BCUT2D eigenvalue weighted by molar-refractivity contribution is 0.282. The van der Waals surface area contributed by atoms with Gasteiger partial charge in [-0.1, -0.05) is 35.9 Å². The molecule has 0 aliphatic carbocycles. The van der Waals surface area contributed by atoms with Gasteiger partial charge in [-0.05, 0) is 36.8 Å². The highest BCUT2D eigenvalue weighted by Gasteiger charge is 2.11. The molecule has 4 heteroatoms. The number of halogens is 1. The lowest BCUT2D eigenvalue weighted by Crippen LogP contribution is -1.95. The number of aliphatic hydroxyl groups is 1. The molecule has 0 unspecified atom stereocenters. The van der Waals surface area contributed by atoms with Crippen LogP contribution < -0.4 is 0 Å². The molecule has 1 heterocycles. The number of hydrogen-bond donors (Lipinski definition) is 1. The van der Waals surface area contributed by atoms with Crippen LogP contribution in [-0.2, 0) is 6.61 Å². The Morgan fingerprint density at radius 3 is 2.57 bits per heavy atom. The van der Waals surface area contributed by atoms with E-state index in [1.54, 1.807) is 4.68 Å². The molecule has 3 aromatic rings. The van der Waals surface area contributed by atoms with Gasteiger partial charge in [-0.25, -0.2) is 4.68 Å². The third-order valence-corrected chi connectivity index (χ3v) is 3.60. The Bertz CT molecular complexity index is 763. The van der Waals surface area contributed by atoms with Crippen molar-refractivity contribution in [2.75, 3.05) is 0 Å². The van der Waals surface area contributed by atoms with Crippen LogP contribution in [0.2, 0.25) is 5.02 Å². The molecule has 21 heavy (non-hydrogen) atoms. The molecule has 3 rings (SSSR count). The van der Waals surface area contributed by atoms with E-state index in [2.05, 4.69) is 11.2 Å². The van der Waals surface area contributed by atoms with Gasteiger partial charge in [0.25, 0.3) is 0 Å². The van der Waals surface area contributed by atoms with Gasteiger partial charge >= 0.3 is 0 Å². The Labute approximate surface area is 128 Å². The summed E-state index contributed by atoms with van der Waals surface area (Å²) in [5.74, 6) is 0. The Morgan fingerprint density at radius 2 is 1.90 bits per heavy atom. The molecule has 0 aliphatic rings. The van der Waals surface area contributed by atoms with E-state index in [1.165, 1.54) is 5.56 Å². The van der Waals surface area contributed by atoms with Crippen LogP contribution in [0, 0.1) is 6.92 Å². The van der Waals surface area contributed by atoms with Crippen molar-refractivity contribution >= 4 is 11.6 Å².